The van der Waals surface area contributed by atoms with E-state index in [9.17, 15) is 4.79 Å². The molecule has 1 aliphatic carbocycles. The van der Waals surface area contributed by atoms with Gasteiger partial charge in [-0.05, 0) is 66.9 Å². The summed E-state index contributed by atoms with van der Waals surface area (Å²) in [6, 6.07) is 13.7. The molecular weight excluding hydrogens is 382 g/mol. The maximum absolute atomic E-state index is 13.5. The van der Waals surface area contributed by atoms with Crippen molar-refractivity contribution in [3.63, 3.8) is 0 Å². The third-order valence-corrected chi connectivity index (χ3v) is 6.63. The molecule has 0 N–H and O–H groups in total. The van der Waals surface area contributed by atoms with E-state index in [4.69, 9.17) is 9.73 Å². The predicted molar refractivity (Wildman–Crippen MR) is 118 cm³/mol. The van der Waals surface area contributed by atoms with Crippen LogP contribution < -0.4 is 4.74 Å². The Labute approximate surface area is 175 Å². The van der Waals surface area contributed by atoms with Gasteiger partial charge in [-0.3, -0.25) is 9.69 Å². The van der Waals surface area contributed by atoms with Gasteiger partial charge in [0.05, 0.1) is 12.0 Å². The summed E-state index contributed by atoms with van der Waals surface area (Å²) in [5.74, 6) is 1.50. The molecule has 2 aromatic rings. The number of amides is 1. The lowest BCUT2D eigenvalue weighted by molar-refractivity contribution is -0.124. The maximum atomic E-state index is 13.5. The Morgan fingerprint density at radius 1 is 1.14 bits per heavy atom. The average Bonchev–Trinajstić information content (AvgIpc) is 3.10. The van der Waals surface area contributed by atoms with Crippen LogP contribution in [0.4, 0.5) is 5.82 Å². The first kappa shape index (κ1) is 19.7. The average molecular weight is 408 g/mol. The Hall–Kier alpha value is -2.60. The molecular formula is C23H25N3O2S. The van der Waals surface area contributed by atoms with Crippen molar-refractivity contribution < 1.29 is 9.53 Å². The molecule has 1 aromatic heterocycles. The minimum Gasteiger partial charge on any atom is -0.497 e. The molecule has 150 valence electrons. The quantitative estimate of drug-likeness (QED) is 0.635. The highest BCUT2D eigenvalue weighted by Gasteiger charge is 2.39. The lowest BCUT2D eigenvalue weighted by Gasteiger charge is -2.30. The zero-order chi connectivity index (χ0) is 20.2. The predicted octanol–water partition coefficient (Wildman–Crippen LogP) is 5.42. The van der Waals surface area contributed by atoms with E-state index in [0.29, 0.717) is 5.82 Å². The topological polar surface area (TPSA) is 54.8 Å². The molecule has 1 saturated heterocycles. The van der Waals surface area contributed by atoms with Crippen molar-refractivity contribution in [2.75, 3.05) is 7.11 Å². The van der Waals surface area contributed by atoms with E-state index in [2.05, 4.69) is 4.98 Å². The summed E-state index contributed by atoms with van der Waals surface area (Å²) in [6.07, 6.45) is 7.35. The molecule has 2 heterocycles. The SMILES string of the molecule is COc1ccc(/C(C)=C2\S/C(=N/c3ccccn3)N(C3CCCCC3)C2=O)cc1. The number of carbonyl (C=O) groups is 1. The number of nitrogens with zero attached hydrogens (tertiary/aromatic N) is 3. The fraction of sp³-hybridized carbons (Fsp3) is 0.348. The fourth-order valence-electron chi connectivity index (χ4n) is 3.85. The van der Waals surface area contributed by atoms with Crippen LogP contribution in [0.15, 0.2) is 58.6 Å². The largest absolute Gasteiger partial charge is 0.497 e. The second kappa shape index (κ2) is 8.82. The zero-order valence-corrected chi connectivity index (χ0v) is 17.6. The minimum absolute atomic E-state index is 0.0601. The summed E-state index contributed by atoms with van der Waals surface area (Å²) in [5.41, 5.74) is 1.99. The van der Waals surface area contributed by atoms with Crippen molar-refractivity contribution in [2.24, 2.45) is 4.99 Å². The Kier molecular flexibility index (Phi) is 6.00. The number of aliphatic imine (C=N–C) groups is 1. The van der Waals surface area contributed by atoms with Gasteiger partial charge in [-0.1, -0.05) is 37.5 Å². The number of thioether (sulfide) groups is 1. The Bertz CT molecular complexity index is 932. The second-order valence-corrected chi connectivity index (χ2v) is 8.31. The molecule has 2 fully saturated rings. The normalized spacial score (nSPS) is 21.0. The number of amidine groups is 1. The van der Waals surface area contributed by atoms with E-state index in [-0.39, 0.29) is 11.9 Å². The first-order valence-corrected chi connectivity index (χ1v) is 10.9. The van der Waals surface area contributed by atoms with Crippen molar-refractivity contribution in [3.8, 4) is 5.75 Å². The molecule has 4 rings (SSSR count). The molecule has 0 spiro atoms. The van der Waals surface area contributed by atoms with Crippen LogP contribution in [0, 0.1) is 0 Å². The van der Waals surface area contributed by atoms with Crippen molar-refractivity contribution >= 4 is 34.2 Å². The van der Waals surface area contributed by atoms with Crippen molar-refractivity contribution in [2.45, 2.75) is 45.1 Å². The van der Waals surface area contributed by atoms with Gasteiger partial charge in [-0.2, -0.15) is 0 Å². The number of rotatable bonds is 4. The summed E-state index contributed by atoms with van der Waals surface area (Å²) in [6.45, 7) is 2.00. The number of aromatic nitrogens is 1. The van der Waals surface area contributed by atoms with Crippen LogP contribution in [-0.2, 0) is 4.79 Å². The molecule has 1 aliphatic heterocycles. The minimum atomic E-state index is 0.0601. The highest BCUT2D eigenvalue weighted by Crippen LogP contribution is 2.41. The Morgan fingerprint density at radius 2 is 1.90 bits per heavy atom. The van der Waals surface area contributed by atoms with Gasteiger partial charge in [0.2, 0.25) is 0 Å². The number of allylic oxidation sites excluding steroid dienone is 1. The molecule has 6 heteroatoms. The Balaban J connectivity index is 1.72. The third-order valence-electron chi connectivity index (χ3n) is 5.48. The van der Waals surface area contributed by atoms with Gasteiger partial charge < -0.3 is 4.74 Å². The number of benzene rings is 1. The Morgan fingerprint density at radius 3 is 2.55 bits per heavy atom. The van der Waals surface area contributed by atoms with Crippen molar-refractivity contribution in [3.05, 3.63) is 59.1 Å². The zero-order valence-electron chi connectivity index (χ0n) is 16.8. The molecule has 0 bridgehead atoms. The highest BCUT2D eigenvalue weighted by atomic mass is 32.2. The van der Waals surface area contributed by atoms with Gasteiger partial charge in [-0.15, -0.1) is 0 Å². The lowest BCUT2D eigenvalue weighted by Crippen LogP contribution is -2.40. The van der Waals surface area contributed by atoms with Crippen molar-refractivity contribution in [1.29, 1.82) is 0 Å². The molecule has 0 atom stereocenters. The van der Waals surface area contributed by atoms with Crippen LogP contribution in [0.2, 0.25) is 0 Å². The molecule has 1 amide bonds. The first-order chi connectivity index (χ1) is 14.2. The smallest absolute Gasteiger partial charge is 0.267 e. The molecule has 29 heavy (non-hydrogen) atoms. The molecule has 1 aromatic carbocycles. The number of carbonyl (C=O) groups excluding carboxylic acids is 1. The summed E-state index contributed by atoms with van der Waals surface area (Å²) in [5, 5.41) is 0.739. The van der Waals surface area contributed by atoms with Crippen LogP contribution in [0.5, 0.6) is 5.75 Å². The van der Waals surface area contributed by atoms with Crippen LogP contribution in [0.1, 0.15) is 44.6 Å². The van der Waals surface area contributed by atoms with E-state index in [1.807, 2.05) is 54.3 Å². The highest BCUT2D eigenvalue weighted by molar-refractivity contribution is 8.18. The van der Waals surface area contributed by atoms with Crippen molar-refractivity contribution in [1.82, 2.24) is 9.88 Å². The van der Waals surface area contributed by atoms with Crippen LogP contribution in [0.25, 0.3) is 5.57 Å². The van der Waals surface area contributed by atoms with Crippen LogP contribution >= 0.6 is 11.8 Å². The van der Waals surface area contributed by atoms with Gasteiger partial charge in [0.1, 0.15) is 5.75 Å². The standard InChI is InChI=1S/C23H25N3O2S/c1-16(17-11-13-19(28-2)14-12-17)21-22(27)26(18-8-4-3-5-9-18)23(29-21)25-20-10-6-7-15-24-20/h6-7,10-15,18H,3-5,8-9H2,1-2H3/b21-16-,25-23+. The maximum Gasteiger partial charge on any atom is 0.267 e. The van der Waals surface area contributed by atoms with Gasteiger partial charge >= 0.3 is 0 Å². The van der Waals surface area contributed by atoms with Crippen LogP contribution in [-0.4, -0.2) is 34.1 Å². The fourth-order valence-corrected chi connectivity index (χ4v) is 4.95. The molecule has 2 aliphatic rings. The van der Waals surface area contributed by atoms with E-state index < -0.39 is 0 Å². The van der Waals surface area contributed by atoms with Gasteiger partial charge in [0.25, 0.3) is 5.91 Å². The third kappa shape index (κ3) is 4.22. The summed E-state index contributed by atoms with van der Waals surface area (Å²) in [4.78, 5) is 25.2. The lowest BCUT2D eigenvalue weighted by atomic mass is 9.94. The number of ether oxygens (including phenoxy) is 1. The van der Waals surface area contributed by atoms with Gasteiger partial charge in [0, 0.05) is 12.2 Å². The number of methoxy groups -OCH3 is 1. The molecule has 5 nitrogen and oxygen atoms in total. The second-order valence-electron chi connectivity index (χ2n) is 7.33. The molecule has 0 unspecified atom stereocenters. The summed E-state index contributed by atoms with van der Waals surface area (Å²) in [7, 11) is 1.65. The monoisotopic (exact) mass is 407 g/mol. The first-order valence-electron chi connectivity index (χ1n) is 10.0. The number of hydrogen-bond acceptors (Lipinski definition) is 5. The molecule has 0 radical (unpaired) electrons. The number of pyridine rings is 1. The summed E-state index contributed by atoms with van der Waals surface area (Å²) < 4.78 is 5.25. The van der Waals surface area contributed by atoms with Gasteiger partial charge in [-0.25, -0.2) is 9.98 Å². The van der Waals surface area contributed by atoms with E-state index in [1.165, 1.54) is 18.2 Å². The van der Waals surface area contributed by atoms with Gasteiger partial charge in [0.15, 0.2) is 11.0 Å². The molecule has 1 saturated carbocycles. The number of hydrogen-bond donors (Lipinski definition) is 0. The summed E-state index contributed by atoms with van der Waals surface area (Å²) >= 11 is 1.46. The van der Waals surface area contributed by atoms with E-state index in [1.54, 1.807) is 13.3 Å². The van der Waals surface area contributed by atoms with E-state index >= 15 is 0 Å². The van der Waals surface area contributed by atoms with Crippen LogP contribution in [0.3, 0.4) is 0 Å². The van der Waals surface area contributed by atoms with E-state index in [0.717, 1.165) is 52.6 Å².